The zero-order chi connectivity index (χ0) is 10.3. The number of rotatable bonds is 6. The maximum Gasteiger partial charge on any atom is 0.0687 e. The Morgan fingerprint density at radius 1 is 1.38 bits per heavy atom. The molecule has 0 fully saturated rings. The number of hydrogen-bond acceptors (Lipinski definition) is 2. The molecule has 1 unspecified atom stereocenters. The third kappa shape index (κ3) is 5.83. The second-order valence-electron chi connectivity index (χ2n) is 4.11. The Hall–Kier alpha value is -0.340. The van der Waals surface area contributed by atoms with Crippen LogP contribution >= 0.6 is 0 Å². The highest BCUT2D eigenvalue weighted by molar-refractivity contribution is 4.90. The van der Waals surface area contributed by atoms with Gasteiger partial charge in [-0.2, -0.15) is 0 Å². The van der Waals surface area contributed by atoms with Crippen molar-refractivity contribution in [2.24, 2.45) is 5.92 Å². The molecule has 0 aliphatic rings. The molecule has 13 heavy (non-hydrogen) atoms. The van der Waals surface area contributed by atoms with Gasteiger partial charge in [0, 0.05) is 7.11 Å². The minimum absolute atomic E-state index is 0.0835. The fourth-order valence-electron chi connectivity index (χ4n) is 1.52. The summed E-state index contributed by atoms with van der Waals surface area (Å²) >= 11 is 0. The molecular formula is C11H22O2. The van der Waals surface area contributed by atoms with Gasteiger partial charge in [0.1, 0.15) is 0 Å². The Bertz CT molecular complexity index is 152. The summed E-state index contributed by atoms with van der Waals surface area (Å²) < 4.78 is 5.46. The first-order valence-electron chi connectivity index (χ1n) is 4.85. The molecule has 0 aromatic carbocycles. The highest BCUT2D eigenvalue weighted by Crippen LogP contribution is 2.24. The Kier molecular flexibility index (Phi) is 6.00. The molecule has 0 rings (SSSR count). The van der Waals surface area contributed by atoms with Gasteiger partial charge in [-0.1, -0.05) is 26.0 Å². The van der Waals surface area contributed by atoms with Crippen molar-refractivity contribution >= 4 is 0 Å². The minimum Gasteiger partial charge on any atom is -0.392 e. The van der Waals surface area contributed by atoms with Crippen molar-refractivity contribution in [3.05, 3.63) is 12.2 Å². The molecule has 0 amide bonds. The van der Waals surface area contributed by atoms with Crippen LogP contribution in [0.4, 0.5) is 0 Å². The lowest BCUT2D eigenvalue weighted by Crippen LogP contribution is -2.28. The van der Waals surface area contributed by atoms with Gasteiger partial charge in [0.25, 0.3) is 0 Å². The molecule has 0 saturated heterocycles. The van der Waals surface area contributed by atoms with Gasteiger partial charge >= 0.3 is 0 Å². The molecule has 2 nitrogen and oxygen atoms in total. The fraction of sp³-hybridized carbons (Fsp3) is 0.818. The summed E-state index contributed by atoms with van der Waals surface area (Å²) in [5, 5.41) is 8.59. The molecule has 0 heterocycles. The van der Waals surface area contributed by atoms with Crippen LogP contribution in [-0.4, -0.2) is 24.4 Å². The topological polar surface area (TPSA) is 29.5 Å². The monoisotopic (exact) mass is 186 g/mol. The van der Waals surface area contributed by atoms with E-state index in [9.17, 15) is 0 Å². The molecule has 1 atom stereocenters. The van der Waals surface area contributed by atoms with Gasteiger partial charge in [-0.05, 0) is 25.7 Å². The Morgan fingerprint density at radius 3 is 2.38 bits per heavy atom. The first-order chi connectivity index (χ1) is 6.04. The lowest BCUT2D eigenvalue weighted by molar-refractivity contribution is -0.00810. The van der Waals surface area contributed by atoms with Gasteiger partial charge in [0.15, 0.2) is 0 Å². The second-order valence-corrected chi connectivity index (χ2v) is 4.11. The van der Waals surface area contributed by atoms with Crippen molar-refractivity contribution in [2.45, 2.75) is 39.2 Å². The number of aliphatic hydroxyl groups excluding tert-OH is 1. The SMILES string of the molecule is COC(C)(C/C=C/CO)CC(C)C. The van der Waals surface area contributed by atoms with E-state index in [4.69, 9.17) is 9.84 Å². The van der Waals surface area contributed by atoms with Crippen LogP contribution in [0.1, 0.15) is 33.6 Å². The van der Waals surface area contributed by atoms with Crippen molar-refractivity contribution < 1.29 is 9.84 Å². The average Bonchev–Trinajstić information content (AvgIpc) is 2.04. The van der Waals surface area contributed by atoms with Crippen LogP contribution in [0.2, 0.25) is 0 Å². The number of methoxy groups -OCH3 is 1. The van der Waals surface area contributed by atoms with E-state index >= 15 is 0 Å². The van der Waals surface area contributed by atoms with Crippen LogP contribution in [0.15, 0.2) is 12.2 Å². The van der Waals surface area contributed by atoms with Gasteiger partial charge in [0.2, 0.25) is 0 Å². The van der Waals surface area contributed by atoms with Crippen LogP contribution in [0.5, 0.6) is 0 Å². The first-order valence-corrected chi connectivity index (χ1v) is 4.85. The number of hydrogen-bond donors (Lipinski definition) is 1. The summed E-state index contributed by atoms with van der Waals surface area (Å²) in [7, 11) is 1.75. The molecule has 0 aliphatic carbocycles. The highest BCUT2D eigenvalue weighted by Gasteiger charge is 2.22. The van der Waals surface area contributed by atoms with E-state index in [1.54, 1.807) is 13.2 Å². The first kappa shape index (κ1) is 12.7. The van der Waals surface area contributed by atoms with E-state index in [2.05, 4.69) is 20.8 Å². The number of ether oxygens (including phenoxy) is 1. The third-order valence-corrected chi connectivity index (χ3v) is 2.15. The molecule has 0 saturated carbocycles. The summed E-state index contributed by atoms with van der Waals surface area (Å²) in [4.78, 5) is 0. The lowest BCUT2D eigenvalue weighted by atomic mass is 9.91. The zero-order valence-corrected chi connectivity index (χ0v) is 9.21. The molecule has 0 bridgehead atoms. The van der Waals surface area contributed by atoms with Crippen molar-refractivity contribution in [1.29, 1.82) is 0 Å². The third-order valence-electron chi connectivity index (χ3n) is 2.15. The van der Waals surface area contributed by atoms with Crippen molar-refractivity contribution in [3.8, 4) is 0 Å². The molecule has 0 aromatic heterocycles. The van der Waals surface area contributed by atoms with E-state index in [0.29, 0.717) is 5.92 Å². The molecule has 1 N–H and O–H groups in total. The van der Waals surface area contributed by atoms with E-state index in [1.807, 2.05) is 6.08 Å². The predicted molar refractivity (Wildman–Crippen MR) is 55.7 cm³/mol. The summed E-state index contributed by atoms with van der Waals surface area (Å²) in [5.74, 6) is 0.632. The molecule has 0 aromatic rings. The van der Waals surface area contributed by atoms with E-state index in [0.717, 1.165) is 12.8 Å². The van der Waals surface area contributed by atoms with Crippen LogP contribution < -0.4 is 0 Å². The molecule has 0 radical (unpaired) electrons. The maximum absolute atomic E-state index is 8.59. The van der Waals surface area contributed by atoms with E-state index in [-0.39, 0.29) is 12.2 Å². The van der Waals surface area contributed by atoms with Crippen LogP contribution in [-0.2, 0) is 4.74 Å². The van der Waals surface area contributed by atoms with Gasteiger partial charge < -0.3 is 9.84 Å². The normalized spacial score (nSPS) is 16.8. The van der Waals surface area contributed by atoms with Crippen molar-refractivity contribution in [1.82, 2.24) is 0 Å². The average molecular weight is 186 g/mol. The van der Waals surface area contributed by atoms with E-state index < -0.39 is 0 Å². The van der Waals surface area contributed by atoms with Gasteiger partial charge in [-0.25, -0.2) is 0 Å². The van der Waals surface area contributed by atoms with Crippen LogP contribution in [0.3, 0.4) is 0 Å². The van der Waals surface area contributed by atoms with Gasteiger partial charge in [-0.3, -0.25) is 0 Å². The Balaban J connectivity index is 4.03. The molecule has 2 heteroatoms. The zero-order valence-electron chi connectivity index (χ0n) is 9.21. The van der Waals surface area contributed by atoms with Crippen molar-refractivity contribution in [2.75, 3.05) is 13.7 Å². The second kappa shape index (κ2) is 6.17. The maximum atomic E-state index is 8.59. The molecular weight excluding hydrogens is 164 g/mol. The largest absolute Gasteiger partial charge is 0.392 e. The smallest absolute Gasteiger partial charge is 0.0687 e. The molecule has 78 valence electrons. The Morgan fingerprint density at radius 2 is 2.00 bits per heavy atom. The van der Waals surface area contributed by atoms with Crippen LogP contribution in [0, 0.1) is 5.92 Å². The lowest BCUT2D eigenvalue weighted by Gasteiger charge is -2.28. The minimum atomic E-state index is -0.0835. The Labute approximate surface area is 81.6 Å². The highest BCUT2D eigenvalue weighted by atomic mass is 16.5. The quantitative estimate of drug-likeness (QED) is 0.645. The molecule has 0 aliphatic heterocycles. The summed E-state index contributed by atoms with van der Waals surface area (Å²) in [6.45, 7) is 6.59. The summed E-state index contributed by atoms with van der Waals surface area (Å²) in [6.07, 6.45) is 5.64. The van der Waals surface area contributed by atoms with Gasteiger partial charge in [0.05, 0.1) is 12.2 Å². The van der Waals surface area contributed by atoms with Gasteiger partial charge in [-0.15, -0.1) is 0 Å². The summed E-state index contributed by atoms with van der Waals surface area (Å²) in [5.41, 5.74) is -0.0835. The summed E-state index contributed by atoms with van der Waals surface area (Å²) in [6, 6.07) is 0. The van der Waals surface area contributed by atoms with Crippen molar-refractivity contribution in [3.63, 3.8) is 0 Å². The van der Waals surface area contributed by atoms with Crippen LogP contribution in [0.25, 0.3) is 0 Å². The van der Waals surface area contributed by atoms with E-state index in [1.165, 1.54) is 0 Å². The fourth-order valence-corrected chi connectivity index (χ4v) is 1.52. The predicted octanol–water partition coefficient (Wildman–Crippen LogP) is 2.38. The standard InChI is InChI=1S/C11H22O2/c1-10(2)9-11(3,13-4)7-5-6-8-12/h5-6,10,12H,7-9H2,1-4H3/b6-5+. The molecule has 0 spiro atoms. The number of aliphatic hydroxyl groups is 1.